The molecule has 3 aromatic rings. The molecule has 2 N–H and O–H groups in total. The van der Waals surface area contributed by atoms with Crippen molar-refractivity contribution in [2.45, 2.75) is 0 Å². The van der Waals surface area contributed by atoms with Gasteiger partial charge in [-0.1, -0.05) is 0 Å². The highest BCUT2D eigenvalue weighted by molar-refractivity contribution is 7.80. The molecule has 1 aliphatic heterocycles. The summed E-state index contributed by atoms with van der Waals surface area (Å²) in [4.78, 5) is 37.8. The molecular formula is C22H14FN3O4S. The first kappa shape index (κ1) is 20.2. The Kier molecular flexibility index (Phi) is 5.18. The number of benzene rings is 2. The van der Waals surface area contributed by atoms with Gasteiger partial charge in [0, 0.05) is 17.6 Å². The third kappa shape index (κ3) is 3.86. The van der Waals surface area contributed by atoms with Gasteiger partial charge in [-0.3, -0.25) is 19.8 Å². The van der Waals surface area contributed by atoms with Gasteiger partial charge in [-0.2, -0.15) is 0 Å². The van der Waals surface area contributed by atoms with Gasteiger partial charge < -0.3 is 9.67 Å². The van der Waals surface area contributed by atoms with Gasteiger partial charge in [0.2, 0.25) is 0 Å². The highest BCUT2D eigenvalue weighted by Crippen LogP contribution is 2.23. The van der Waals surface area contributed by atoms with E-state index < -0.39 is 17.8 Å². The topological polar surface area (TPSA) is 91.6 Å². The van der Waals surface area contributed by atoms with Crippen LogP contribution in [0.15, 0.2) is 72.4 Å². The molecule has 0 atom stereocenters. The smallest absolute Gasteiger partial charge is 0.335 e. The number of anilines is 1. The molecule has 1 aliphatic rings. The molecule has 2 aromatic carbocycles. The second kappa shape index (κ2) is 7.96. The van der Waals surface area contributed by atoms with E-state index in [0.29, 0.717) is 17.1 Å². The summed E-state index contributed by atoms with van der Waals surface area (Å²) in [5.74, 6) is -2.78. The number of nitrogens with one attached hydrogen (secondary N) is 1. The number of aromatic nitrogens is 1. The van der Waals surface area contributed by atoms with E-state index in [2.05, 4.69) is 5.32 Å². The molecule has 0 radical (unpaired) electrons. The number of aromatic carboxylic acids is 1. The van der Waals surface area contributed by atoms with Crippen LogP contribution in [-0.2, 0) is 9.59 Å². The number of halogens is 1. The fourth-order valence-corrected chi connectivity index (χ4v) is 3.42. The zero-order chi connectivity index (χ0) is 22.1. The summed E-state index contributed by atoms with van der Waals surface area (Å²) in [6.45, 7) is 0. The summed E-state index contributed by atoms with van der Waals surface area (Å²) in [5, 5.41) is 11.4. The van der Waals surface area contributed by atoms with Crippen LogP contribution < -0.4 is 10.2 Å². The molecule has 2 amide bonds. The number of carbonyl (C=O) groups excluding carboxylic acids is 2. The minimum absolute atomic E-state index is 0.0519. The predicted octanol–water partition coefficient (Wildman–Crippen LogP) is 3.15. The summed E-state index contributed by atoms with van der Waals surface area (Å²) in [7, 11) is 0. The number of thiocarbonyl (C=S) groups is 1. The Morgan fingerprint density at radius 2 is 1.65 bits per heavy atom. The first-order valence-corrected chi connectivity index (χ1v) is 9.44. The molecule has 1 fully saturated rings. The highest BCUT2D eigenvalue weighted by Gasteiger charge is 2.34. The van der Waals surface area contributed by atoms with E-state index in [1.165, 1.54) is 42.5 Å². The maximum Gasteiger partial charge on any atom is 0.335 e. The van der Waals surface area contributed by atoms with Gasteiger partial charge >= 0.3 is 5.97 Å². The molecule has 0 unspecified atom stereocenters. The van der Waals surface area contributed by atoms with E-state index in [1.54, 1.807) is 35.0 Å². The Hall–Kier alpha value is -4.11. The summed E-state index contributed by atoms with van der Waals surface area (Å²) in [6, 6.07) is 14.8. The van der Waals surface area contributed by atoms with Crippen molar-refractivity contribution < 1.29 is 23.9 Å². The number of carboxylic acids is 1. The number of nitrogens with zero attached hydrogens (tertiary/aromatic N) is 2. The lowest BCUT2D eigenvalue weighted by molar-refractivity contribution is -0.122. The van der Waals surface area contributed by atoms with Crippen LogP contribution in [0.25, 0.3) is 11.8 Å². The highest BCUT2D eigenvalue weighted by atomic mass is 32.1. The number of hydrogen-bond donors (Lipinski definition) is 2. The molecular weight excluding hydrogens is 421 g/mol. The molecule has 0 bridgehead atoms. The van der Waals surface area contributed by atoms with Crippen LogP contribution >= 0.6 is 12.2 Å². The molecule has 31 heavy (non-hydrogen) atoms. The maximum absolute atomic E-state index is 13.2. The molecule has 154 valence electrons. The van der Waals surface area contributed by atoms with Crippen LogP contribution in [0.3, 0.4) is 0 Å². The van der Waals surface area contributed by atoms with Gasteiger partial charge in [0.15, 0.2) is 5.11 Å². The van der Waals surface area contributed by atoms with E-state index in [9.17, 15) is 18.8 Å². The van der Waals surface area contributed by atoms with Gasteiger partial charge in [0.1, 0.15) is 11.4 Å². The van der Waals surface area contributed by atoms with Crippen LogP contribution in [0.2, 0.25) is 0 Å². The Bertz CT molecular complexity index is 1250. The van der Waals surface area contributed by atoms with E-state index in [1.807, 2.05) is 0 Å². The number of carbonyl (C=O) groups is 3. The molecule has 1 aromatic heterocycles. The minimum atomic E-state index is -1.10. The van der Waals surface area contributed by atoms with Gasteiger partial charge in [-0.25, -0.2) is 9.18 Å². The van der Waals surface area contributed by atoms with Crippen LogP contribution in [0, 0.1) is 5.82 Å². The lowest BCUT2D eigenvalue weighted by Gasteiger charge is -2.29. The molecule has 9 heteroatoms. The second-order valence-corrected chi connectivity index (χ2v) is 6.98. The number of carboxylic acid groups (broad SMARTS) is 1. The zero-order valence-corrected chi connectivity index (χ0v) is 16.6. The normalized spacial score (nSPS) is 15.3. The fourth-order valence-electron chi connectivity index (χ4n) is 3.14. The molecule has 7 nitrogen and oxygen atoms in total. The quantitative estimate of drug-likeness (QED) is 0.373. The van der Waals surface area contributed by atoms with Crippen molar-refractivity contribution in [3.05, 3.63) is 89.5 Å². The first-order valence-electron chi connectivity index (χ1n) is 9.03. The Morgan fingerprint density at radius 1 is 1.00 bits per heavy atom. The van der Waals surface area contributed by atoms with Crippen molar-refractivity contribution in [3.63, 3.8) is 0 Å². The van der Waals surface area contributed by atoms with Crippen molar-refractivity contribution in [2.24, 2.45) is 0 Å². The second-order valence-electron chi connectivity index (χ2n) is 6.59. The lowest BCUT2D eigenvalue weighted by atomic mass is 10.1. The predicted molar refractivity (Wildman–Crippen MR) is 115 cm³/mol. The largest absolute Gasteiger partial charge is 0.478 e. The van der Waals surface area contributed by atoms with Crippen molar-refractivity contribution in [3.8, 4) is 5.69 Å². The summed E-state index contributed by atoms with van der Waals surface area (Å²) >= 11 is 5.15. The Labute approximate surface area is 181 Å². The van der Waals surface area contributed by atoms with Crippen molar-refractivity contribution >= 4 is 46.9 Å². The standard InChI is InChI=1S/C22H14FN3O4S/c23-14-5-9-15(10-6-14)25-11-1-2-17(25)12-18-19(27)24-22(31)26(20(18)28)16-7-3-13(4-8-16)21(29)30/h1-12H,(H,29,30)(H,24,27,31)/b18-12+. The van der Waals surface area contributed by atoms with E-state index in [0.717, 1.165) is 4.90 Å². The van der Waals surface area contributed by atoms with Crippen molar-refractivity contribution in [1.82, 2.24) is 9.88 Å². The van der Waals surface area contributed by atoms with Crippen LogP contribution in [0.1, 0.15) is 16.1 Å². The molecule has 0 aliphatic carbocycles. The molecule has 0 spiro atoms. The fraction of sp³-hybridized carbons (Fsp3) is 0. The number of rotatable bonds is 4. The zero-order valence-electron chi connectivity index (χ0n) is 15.8. The van der Waals surface area contributed by atoms with E-state index in [4.69, 9.17) is 17.3 Å². The number of hydrogen-bond acceptors (Lipinski definition) is 4. The average Bonchev–Trinajstić information content (AvgIpc) is 3.20. The monoisotopic (exact) mass is 435 g/mol. The van der Waals surface area contributed by atoms with Crippen molar-refractivity contribution in [1.29, 1.82) is 0 Å². The third-order valence-corrected chi connectivity index (χ3v) is 4.94. The molecule has 0 saturated carbocycles. The first-order chi connectivity index (χ1) is 14.8. The Balaban J connectivity index is 1.71. The summed E-state index contributed by atoms with van der Waals surface area (Å²) < 4.78 is 14.9. The number of amides is 2. The molecule has 2 heterocycles. The van der Waals surface area contributed by atoms with Crippen LogP contribution in [0.5, 0.6) is 0 Å². The van der Waals surface area contributed by atoms with Crippen molar-refractivity contribution in [2.75, 3.05) is 4.90 Å². The van der Waals surface area contributed by atoms with Gasteiger partial charge in [-0.05, 0) is 79.0 Å². The van der Waals surface area contributed by atoms with Crippen LogP contribution in [-0.4, -0.2) is 32.6 Å². The summed E-state index contributed by atoms with van der Waals surface area (Å²) in [6.07, 6.45) is 3.14. The average molecular weight is 435 g/mol. The third-order valence-electron chi connectivity index (χ3n) is 4.65. The lowest BCUT2D eigenvalue weighted by Crippen LogP contribution is -2.54. The summed E-state index contributed by atoms with van der Waals surface area (Å²) in [5.41, 5.74) is 1.39. The van der Waals surface area contributed by atoms with Gasteiger partial charge in [-0.15, -0.1) is 0 Å². The maximum atomic E-state index is 13.2. The van der Waals surface area contributed by atoms with Crippen LogP contribution in [0.4, 0.5) is 10.1 Å². The van der Waals surface area contributed by atoms with E-state index in [-0.39, 0.29) is 22.1 Å². The molecule has 1 saturated heterocycles. The van der Waals surface area contributed by atoms with Gasteiger partial charge in [0.25, 0.3) is 11.8 Å². The SMILES string of the molecule is O=C1NC(=S)N(c2ccc(C(=O)O)cc2)C(=O)/C1=C/c1cccn1-c1ccc(F)cc1. The van der Waals surface area contributed by atoms with Gasteiger partial charge in [0.05, 0.1) is 11.3 Å². The Morgan fingerprint density at radius 3 is 2.29 bits per heavy atom. The van der Waals surface area contributed by atoms with E-state index >= 15 is 0 Å². The minimum Gasteiger partial charge on any atom is -0.478 e. The molecule has 4 rings (SSSR count).